The van der Waals surface area contributed by atoms with E-state index in [1.165, 1.54) is 24.0 Å². The molecule has 0 amide bonds. The third kappa shape index (κ3) is 6.05. The topological polar surface area (TPSA) is 37.3 Å². The van der Waals surface area contributed by atoms with Gasteiger partial charge in [-0.15, -0.1) is 0 Å². The fraction of sp³-hybridized carbons (Fsp3) is 0.280. The average Bonchev–Trinajstić information content (AvgIpc) is 2.72. The molecule has 0 saturated heterocycles. The highest BCUT2D eigenvalue weighted by Crippen LogP contribution is 2.17. The van der Waals surface area contributed by atoms with Crippen molar-refractivity contribution < 1.29 is 0 Å². The summed E-state index contributed by atoms with van der Waals surface area (Å²) in [6.45, 7) is 4.40. The summed E-state index contributed by atoms with van der Waals surface area (Å²) in [5, 5.41) is 3.38. The Morgan fingerprint density at radius 3 is 2.11 bits per heavy atom. The molecule has 0 spiro atoms. The van der Waals surface area contributed by atoms with Crippen molar-refractivity contribution in [3.05, 3.63) is 83.6 Å². The number of benzene rings is 2. The SMILES string of the molecule is CCCc1ccc(N=CCc2cccc(Nc3ccc(CCC)cc3)n2)cc1. The van der Waals surface area contributed by atoms with Gasteiger partial charge in [0.05, 0.1) is 5.69 Å². The maximum atomic E-state index is 4.69. The van der Waals surface area contributed by atoms with Crippen LogP contribution in [0.25, 0.3) is 0 Å². The van der Waals surface area contributed by atoms with Crippen LogP contribution in [0.1, 0.15) is 43.5 Å². The summed E-state index contributed by atoms with van der Waals surface area (Å²) in [4.78, 5) is 9.25. The Kier molecular flexibility index (Phi) is 7.36. The van der Waals surface area contributed by atoms with Crippen LogP contribution in [0.5, 0.6) is 0 Å². The number of aromatic nitrogens is 1. The van der Waals surface area contributed by atoms with Crippen molar-refractivity contribution in [3.8, 4) is 0 Å². The second-order valence-electron chi connectivity index (χ2n) is 7.02. The van der Waals surface area contributed by atoms with Crippen LogP contribution in [-0.4, -0.2) is 11.2 Å². The highest BCUT2D eigenvalue weighted by molar-refractivity contribution is 5.66. The van der Waals surface area contributed by atoms with Crippen LogP contribution in [0.15, 0.2) is 71.7 Å². The number of aryl methyl sites for hydroxylation is 2. The molecule has 3 nitrogen and oxygen atoms in total. The van der Waals surface area contributed by atoms with Crippen LogP contribution in [0.3, 0.4) is 0 Å². The third-order valence-electron chi connectivity index (χ3n) is 4.59. The van der Waals surface area contributed by atoms with Crippen LogP contribution in [-0.2, 0) is 19.3 Å². The lowest BCUT2D eigenvalue weighted by atomic mass is 10.1. The Labute approximate surface area is 168 Å². The molecule has 0 bridgehead atoms. The van der Waals surface area contributed by atoms with Crippen LogP contribution in [0, 0.1) is 0 Å². The number of nitrogens with one attached hydrogen (secondary N) is 1. The van der Waals surface area contributed by atoms with E-state index < -0.39 is 0 Å². The van der Waals surface area contributed by atoms with Gasteiger partial charge in [0, 0.05) is 24.0 Å². The van der Waals surface area contributed by atoms with Gasteiger partial charge in [-0.3, -0.25) is 4.99 Å². The number of aliphatic imine (C=N–C) groups is 1. The number of hydrogen-bond acceptors (Lipinski definition) is 3. The minimum atomic E-state index is 0.710. The molecule has 3 heteroatoms. The Morgan fingerprint density at radius 2 is 1.46 bits per heavy atom. The second kappa shape index (κ2) is 10.4. The molecule has 1 heterocycles. The third-order valence-corrected chi connectivity index (χ3v) is 4.59. The molecule has 3 rings (SSSR count). The first kappa shape index (κ1) is 19.8. The van der Waals surface area contributed by atoms with Gasteiger partial charge in [-0.05, 0) is 60.4 Å². The van der Waals surface area contributed by atoms with E-state index in [0.717, 1.165) is 35.7 Å². The van der Waals surface area contributed by atoms with Gasteiger partial charge >= 0.3 is 0 Å². The lowest BCUT2D eigenvalue weighted by molar-refractivity contribution is 0.922. The van der Waals surface area contributed by atoms with Crippen molar-refractivity contribution in [2.45, 2.75) is 46.0 Å². The number of anilines is 2. The van der Waals surface area contributed by atoms with E-state index >= 15 is 0 Å². The Bertz CT molecular complexity index is 880. The van der Waals surface area contributed by atoms with E-state index in [-0.39, 0.29) is 0 Å². The number of rotatable bonds is 9. The first-order chi connectivity index (χ1) is 13.8. The molecule has 1 N–H and O–H groups in total. The Morgan fingerprint density at radius 1 is 0.821 bits per heavy atom. The van der Waals surface area contributed by atoms with Gasteiger partial charge < -0.3 is 5.32 Å². The molecule has 28 heavy (non-hydrogen) atoms. The molecule has 0 saturated carbocycles. The summed E-state index contributed by atoms with van der Waals surface area (Å²) in [6.07, 6.45) is 7.22. The van der Waals surface area contributed by atoms with Crippen molar-refractivity contribution in [2.24, 2.45) is 4.99 Å². The molecule has 0 fully saturated rings. The van der Waals surface area contributed by atoms with E-state index in [0.29, 0.717) is 6.42 Å². The first-order valence-corrected chi connectivity index (χ1v) is 10.2. The zero-order valence-corrected chi connectivity index (χ0v) is 16.9. The molecular weight excluding hydrogens is 342 g/mol. The molecule has 0 atom stereocenters. The lowest BCUT2D eigenvalue weighted by Gasteiger charge is -2.08. The van der Waals surface area contributed by atoms with Crippen LogP contribution in [0.4, 0.5) is 17.2 Å². The van der Waals surface area contributed by atoms with E-state index in [1.807, 2.05) is 24.4 Å². The second-order valence-corrected chi connectivity index (χ2v) is 7.02. The largest absolute Gasteiger partial charge is 0.340 e. The smallest absolute Gasteiger partial charge is 0.130 e. The van der Waals surface area contributed by atoms with Crippen LogP contribution < -0.4 is 5.32 Å². The molecule has 0 aliphatic rings. The van der Waals surface area contributed by atoms with Crippen molar-refractivity contribution in [1.82, 2.24) is 4.98 Å². The Balaban J connectivity index is 1.58. The van der Waals surface area contributed by atoms with E-state index in [4.69, 9.17) is 4.98 Å². The molecule has 0 aliphatic heterocycles. The highest BCUT2D eigenvalue weighted by Gasteiger charge is 1.99. The zero-order chi connectivity index (χ0) is 19.6. The molecule has 3 aromatic rings. The van der Waals surface area contributed by atoms with Crippen molar-refractivity contribution in [3.63, 3.8) is 0 Å². The predicted molar refractivity (Wildman–Crippen MR) is 120 cm³/mol. The number of hydrogen-bond donors (Lipinski definition) is 1. The molecular formula is C25H29N3. The van der Waals surface area contributed by atoms with E-state index in [9.17, 15) is 0 Å². The van der Waals surface area contributed by atoms with Crippen LogP contribution >= 0.6 is 0 Å². The standard InChI is InChI=1S/C25H29N3/c1-3-6-20-10-14-22(15-11-20)26-19-18-23-8-5-9-25(27-23)28-24-16-12-21(7-4-2)13-17-24/h5,8-17,19H,3-4,6-7,18H2,1-2H3,(H,27,28). The normalized spacial score (nSPS) is 11.1. The maximum absolute atomic E-state index is 4.69. The van der Waals surface area contributed by atoms with Gasteiger partial charge in [-0.25, -0.2) is 4.98 Å². The molecule has 0 aliphatic carbocycles. The summed E-state index contributed by atoms with van der Waals surface area (Å²) in [7, 11) is 0. The zero-order valence-electron chi connectivity index (χ0n) is 16.9. The molecule has 0 unspecified atom stereocenters. The molecule has 0 radical (unpaired) electrons. The minimum absolute atomic E-state index is 0.710. The highest BCUT2D eigenvalue weighted by atomic mass is 15.0. The lowest BCUT2D eigenvalue weighted by Crippen LogP contribution is -1.97. The predicted octanol–water partition coefficient (Wildman–Crippen LogP) is 6.68. The fourth-order valence-corrected chi connectivity index (χ4v) is 3.14. The minimum Gasteiger partial charge on any atom is -0.340 e. The Hall–Kier alpha value is -2.94. The monoisotopic (exact) mass is 371 g/mol. The fourth-order valence-electron chi connectivity index (χ4n) is 3.14. The van der Waals surface area contributed by atoms with Crippen molar-refractivity contribution >= 4 is 23.4 Å². The van der Waals surface area contributed by atoms with Gasteiger partial charge in [-0.1, -0.05) is 57.0 Å². The van der Waals surface area contributed by atoms with Gasteiger partial charge in [0.25, 0.3) is 0 Å². The van der Waals surface area contributed by atoms with Gasteiger partial charge in [0.15, 0.2) is 0 Å². The maximum Gasteiger partial charge on any atom is 0.130 e. The van der Waals surface area contributed by atoms with E-state index in [1.54, 1.807) is 0 Å². The summed E-state index contributed by atoms with van der Waals surface area (Å²) >= 11 is 0. The van der Waals surface area contributed by atoms with E-state index in [2.05, 4.69) is 72.7 Å². The summed E-state index contributed by atoms with van der Waals surface area (Å²) in [5.74, 6) is 0.859. The summed E-state index contributed by atoms with van der Waals surface area (Å²) in [6, 6.07) is 23.1. The summed E-state index contributed by atoms with van der Waals surface area (Å²) in [5.41, 5.74) is 5.78. The van der Waals surface area contributed by atoms with Gasteiger partial charge in [-0.2, -0.15) is 0 Å². The summed E-state index contributed by atoms with van der Waals surface area (Å²) < 4.78 is 0. The quantitative estimate of drug-likeness (QED) is 0.426. The average molecular weight is 372 g/mol. The van der Waals surface area contributed by atoms with Gasteiger partial charge in [0.2, 0.25) is 0 Å². The number of pyridine rings is 1. The van der Waals surface area contributed by atoms with Crippen molar-refractivity contribution in [1.29, 1.82) is 0 Å². The molecule has 2 aromatic carbocycles. The van der Waals surface area contributed by atoms with Crippen LogP contribution in [0.2, 0.25) is 0 Å². The molecule has 1 aromatic heterocycles. The molecule has 144 valence electrons. The van der Waals surface area contributed by atoms with Gasteiger partial charge in [0.1, 0.15) is 5.82 Å². The number of nitrogens with zero attached hydrogens (tertiary/aromatic N) is 2. The first-order valence-electron chi connectivity index (χ1n) is 10.2. The van der Waals surface area contributed by atoms with Crippen molar-refractivity contribution in [2.75, 3.05) is 5.32 Å².